The molecule has 0 unspecified atom stereocenters. The summed E-state index contributed by atoms with van der Waals surface area (Å²) in [5, 5.41) is 3.90. The molecule has 0 radical (unpaired) electrons. The van der Waals surface area contributed by atoms with Crippen molar-refractivity contribution >= 4 is 11.0 Å². The summed E-state index contributed by atoms with van der Waals surface area (Å²) in [7, 11) is 0. The highest BCUT2D eigenvalue weighted by Gasteiger charge is 2.14. The van der Waals surface area contributed by atoms with Gasteiger partial charge in [0.05, 0.1) is 0 Å². The molecule has 2 heterocycles. The van der Waals surface area contributed by atoms with Crippen LogP contribution in [0.5, 0.6) is 0 Å². The SMILES string of the molecule is CCNCc1cn(C(F)F)c2ncccc12. The van der Waals surface area contributed by atoms with Crippen LogP contribution in [0.2, 0.25) is 0 Å². The highest BCUT2D eigenvalue weighted by atomic mass is 19.3. The number of halogens is 2. The van der Waals surface area contributed by atoms with E-state index in [-0.39, 0.29) is 0 Å². The Kier molecular flexibility index (Phi) is 3.14. The van der Waals surface area contributed by atoms with E-state index in [1.807, 2.05) is 13.0 Å². The van der Waals surface area contributed by atoms with Crippen LogP contribution in [0.25, 0.3) is 11.0 Å². The van der Waals surface area contributed by atoms with Crippen LogP contribution in [0.1, 0.15) is 19.0 Å². The van der Waals surface area contributed by atoms with Gasteiger partial charge in [-0.1, -0.05) is 6.92 Å². The predicted molar refractivity (Wildman–Crippen MR) is 58.4 cm³/mol. The first-order valence-electron chi connectivity index (χ1n) is 5.17. The quantitative estimate of drug-likeness (QED) is 0.866. The molecule has 16 heavy (non-hydrogen) atoms. The van der Waals surface area contributed by atoms with Crippen LogP contribution in [-0.4, -0.2) is 16.1 Å². The summed E-state index contributed by atoms with van der Waals surface area (Å²) < 4.78 is 26.4. The fourth-order valence-corrected chi connectivity index (χ4v) is 1.70. The topological polar surface area (TPSA) is 29.9 Å². The van der Waals surface area contributed by atoms with Gasteiger partial charge in [-0.15, -0.1) is 0 Å². The maximum absolute atomic E-state index is 12.7. The zero-order valence-corrected chi connectivity index (χ0v) is 8.95. The molecule has 0 atom stereocenters. The second-order valence-corrected chi connectivity index (χ2v) is 3.49. The minimum atomic E-state index is -2.55. The molecule has 0 aliphatic heterocycles. The van der Waals surface area contributed by atoms with Gasteiger partial charge in [0.15, 0.2) is 0 Å². The molecule has 0 fully saturated rings. The van der Waals surface area contributed by atoms with Crippen LogP contribution < -0.4 is 5.32 Å². The Hall–Kier alpha value is -1.49. The van der Waals surface area contributed by atoms with Gasteiger partial charge in [0.1, 0.15) is 5.65 Å². The molecule has 0 saturated heterocycles. The average molecular weight is 225 g/mol. The zero-order valence-electron chi connectivity index (χ0n) is 8.95. The van der Waals surface area contributed by atoms with Crippen LogP contribution in [-0.2, 0) is 6.54 Å². The van der Waals surface area contributed by atoms with Crippen molar-refractivity contribution in [2.75, 3.05) is 6.54 Å². The van der Waals surface area contributed by atoms with Crippen molar-refractivity contribution in [2.45, 2.75) is 20.0 Å². The van der Waals surface area contributed by atoms with Crippen LogP contribution in [0.15, 0.2) is 24.5 Å². The monoisotopic (exact) mass is 225 g/mol. The molecule has 0 spiro atoms. The number of nitrogens with zero attached hydrogens (tertiary/aromatic N) is 2. The molecule has 2 aromatic heterocycles. The van der Waals surface area contributed by atoms with Crippen molar-refractivity contribution in [2.24, 2.45) is 0 Å². The number of rotatable bonds is 4. The van der Waals surface area contributed by atoms with Gasteiger partial charge in [-0.25, -0.2) is 4.98 Å². The number of hydrogen-bond donors (Lipinski definition) is 1. The lowest BCUT2D eigenvalue weighted by Crippen LogP contribution is -2.11. The Morgan fingerprint density at radius 1 is 1.50 bits per heavy atom. The first-order chi connectivity index (χ1) is 7.74. The molecule has 2 rings (SSSR count). The van der Waals surface area contributed by atoms with E-state index < -0.39 is 6.55 Å². The maximum atomic E-state index is 12.7. The molecule has 0 amide bonds. The van der Waals surface area contributed by atoms with Crippen LogP contribution in [0.3, 0.4) is 0 Å². The maximum Gasteiger partial charge on any atom is 0.320 e. The van der Waals surface area contributed by atoms with Crippen molar-refractivity contribution in [3.63, 3.8) is 0 Å². The third-order valence-corrected chi connectivity index (χ3v) is 2.45. The largest absolute Gasteiger partial charge is 0.320 e. The molecule has 0 aliphatic rings. The first-order valence-corrected chi connectivity index (χ1v) is 5.17. The third-order valence-electron chi connectivity index (χ3n) is 2.45. The molecule has 0 aliphatic carbocycles. The molecule has 0 aromatic carbocycles. The van der Waals surface area contributed by atoms with Gasteiger partial charge in [0, 0.05) is 24.3 Å². The van der Waals surface area contributed by atoms with Crippen molar-refractivity contribution in [3.8, 4) is 0 Å². The molecule has 1 N–H and O–H groups in total. The zero-order chi connectivity index (χ0) is 11.5. The lowest BCUT2D eigenvalue weighted by Gasteiger charge is -2.00. The minimum Gasteiger partial charge on any atom is -0.313 e. The minimum absolute atomic E-state index is 0.338. The van der Waals surface area contributed by atoms with E-state index in [1.165, 1.54) is 12.4 Å². The smallest absolute Gasteiger partial charge is 0.313 e. The normalized spacial score (nSPS) is 11.5. The lowest BCUT2D eigenvalue weighted by molar-refractivity contribution is 0.0745. The number of nitrogens with one attached hydrogen (secondary N) is 1. The van der Waals surface area contributed by atoms with E-state index in [4.69, 9.17) is 0 Å². The van der Waals surface area contributed by atoms with Crippen LogP contribution in [0.4, 0.5) is 8.78 Å². The van der Waals surface area contributed by atoms with E-state index in [0.717, 1.165) is 22.1 Å². The first kappa shape index (κ1) is 11.0. The molecule has 2 aromatic rings. The van der Waals surface area contributed by atoms with Crippen molar-refractivity contribution in [1.29, 1.82) is 0 Å². The van der Waals surface area contributed by atoms with Gasteiger partial charge in [-0.05, 0) is 24.2 Å². The summed E-state index contributed by atoms with van der Waals surface area (Å²) in [6.45, 7) is 0.817. The lowest BCUT2D eigenvalue weighted by atomic mass is 10.2. The third kappa shape index (κ3) is 1.90. The number of hydrogen-bond acceptors (Lipinski definition) is 2. The van der Waals surface area contributed by atoms with Crippen molar-refractivity contribution < 1.29 is 8.78 Å². The predicted octanol–water partition coefficient (Wildman–Crippen LogP) is 2.54. The summed E-state index contributed by atoms with van der Waals surface area (Å²) >= 11 is 0. The van der Waals surface area contributed by atoms with Gasteiger partial charge in [0.2, 0.25) is 0 Å². The second-order valence-electron chi connectivity index (χ2n) is 3.49. The molecule has 0 saturated carbocycles. The fraction of sp³-hybridized carbons (Fsp3) is 0.364. The summed E-state index contributed by atoms with van der Waals surface area (Å²) in [6.07, 6.45) is 2.99. The fourth-order valence-electron chi connectivity index (χ4n) is 1.70. The summed E-state index contributed by atoms with van der Waals surface area (Å²) in [4.78, 5) is 3.99. The Morgan fingerprint density at radius 3 is 3.00 bits per heavy atom. The molecule has 5 heteroatoms. The highest BCUT2D eigenvalue weighted by Crippen LogP contribution is 2.24. The molecule has 3 nitrogen and oxygen atoms in total. The Morgan fingerprint density at radius 2 is 2.31 bits per heavy atom. The average Bonchev–Trinajstić information content (AvgIpc) is 2.65. The van der Waals surface area contributed by atoms with Crippen molar-refractivity contribution in [3.05, 3.63) is 30.1 Å². The number of fused-ring (bicyclic) bond motifs is 1. The van der Waals surface area contributed by atoms with Gasteiger partial charge in [-0.3, -0.25) is 4.57 Å². The second kappa shape index (κ2) is 4.57. The number of pyridine rings is 1. The molecular weight excluding hydrogens is 212 g/mol. The number of aromatic nitrogens is 2. The van der Waals surface area contributed by atoms with E-state index in [2.05, 4.69) is 10.3 Å². The van der Waals surface area contributed by atoms with E-state index in [1.54, 1.807) is 6.07 Å². The standard InChI is InChI=1S/C11H13F2N3/c1-2-14-6-8-7-16(11(12)13)10-9(8)4-3-5-15-10/h3-5,7,11,14H,2,6H2,1H3. The van der Waals surface area contributed by atoms with Crippen LogP contribution in [0, 0.1) is 0 Å². The molecular formula is C11H13F2N3. The van der Waals surface area contributed by atoms with E-state index in [0.29, 0.717) is 12.2 Å². The number of alkyl halides is 2. The highest BCUT2D eigenvalue weighted by molar-refractivity contribution is 5.80. The summed E-state index contributed by atoms with van der Waals surface area (Å²) in [6, 6.07) is 3.57. The van der Waals surface area contributed by atoms with E-state index >= 15 is 0 Å². The van der Waals surface area contributed by atoms with Gasteiger partial charge < -0.3 is 5.32 Å². The summed E-state index contributed by atoms with van der Waals surface area (Å²) in [5.74, 6) is 0. The Balaban J connectivity index is 2.49. The molecule has 86 valence electrons. The van der Waals surface area contributed by atoms with Crippen molar-refractivity contribution in [1.82, 2.24) is 14.9 Å². The van der Waals surface area contributed by atoms with Gasteiger partial charge in [-0.2, -0.15) is 8.78 Å². The molecule has 0 bridgehead atoms. The van der Waals surface area contributed by atoms with Crippen LogP contribution >= 0.6 is 0 Å². The van der Waals surface area contributed by atoms with E-state index in [9.17, 15) is 8.78 Å². The van der Waals surface area contributed by atoms with Gasteiger partial charge in [0.25, 0.3) is 0 Å². The summed E-state index contributed by atoms with van der Waals surface area (Å²) in [5.41, 5.74) is 1.19. The Labute approximate surface area is 92.1 Å². The van der Waals surface area contributed by atoms with Gasteiger partial charge >= 0.3 is 6.55 Å². The Bertz CT molecular complexity index is 479.